The Bertz CT molecular complexity index is 266. The number of hydrogen-bond acceptors (Lipinski definition) is 4. The lowest BCUT2D eigenvalue weighted by Crippen LogP contribution is -2.53. The second-order valence-electron chi connectivity index (χ2n) is 6.71. The molecule has 108 valence electrons. The van der Waals surface area contributed by atoms with Gasteiger partial charge in [0, 0.05) is 13.2 Å². The van der Waals surface area contributed by atoms with Crippen molar-refractivity contribution < 1.29 is 14.3 Å². The average Bonchev–Trinajstić information content (AvgIpc) is 2.14. The van der Waals surface area contributed by atoms with Gasteiger partial charge >= 0.3 is 0 Å². The maximum atomic E-state index is 10.3. The summed E-state index contributed by atoms with van der Waals surface area (Å²) in [6.07, 6.45) is 1.77. The van der Waals surface area contributed by atoms with Crippen LogP contribution in [0.15, 0.2) is 0 Å². The fraction of sp³-hybridized carbons (Fsp3) is 1.00. The summed E-state index contributed by atoms with van der Waals surface area (Å²) in [5.41, 5.74) is 6.14. The van der Waals surface area contributed by atoms with Crippen molar-refractivity contribution in [2.75, 3.05) is 7.11 Å². The summed E-state index contributed by atoms with van der Waals surface area (Å²) in [6.45, 7) is 10.2. The molecule has 4 atom stereocenters. The third-order valence-corrected chi connectivity index (χ3v) is 8.01. The lowest BCUT2D eigenvalue weighted by Gasteiger charge is -2.43. The van der Waals surface area contributed by atoms with Crippen LogP contribution in [0.2, 0.25) is 18.1 Å². The first-order chi connectivity index (χ1) is 8.08. The summed E-state index contributed by atoms with van der Waals surface area (Å²) in [7, 11) is -0.511. The summed E-state index contributed by atoms with van der Waals surface area (Å²) in [5.74, 6) is 0. The number of methoxy groups -OCH3 is 1. The van der Waals surface area contributed by atoms with Crippen LogP contribution >= 0.6 is 0 Å². The molecule has 1 heterocycles. The van der Waals surface area contributed by atoms with Gasteiger partial charge in [-0.3, -0.25) is 0 Å². The third-order valence-electron chi connectivity index (χ3n) is 4.49. The summed E-state index contributed by atoms with van der Waals surface area (Å²) in [6, 6.07) is 0.0167. The summed E-state index contributed by atoms with van der Waals surface area (Å²) >= 11 is 0. The molecule has 0 bridgehead atoms. The normalized spacial score (nSPS) is 34.7. The molecule has 18 heavy (non-hydrogen) atoms. The van der Waals surface area contributed by atoms with Crippen LogP contribution in [0.25, 0.3) is 0 Å². The van der Waals surface area contributed by atoms with Crippen molar-refractivity contribution in [3.63, 3.8) is 0 Å². The van der Waals surface area contributed by atoms with Crippen molar-refractivity contribution in [1.29, 1.82) is 0 Å². The lowest BCUT2D eigenvalue weighted by molar-refractivity contribution is -0.133. The highest BCUT2D eigenvalue weighted by molar-refractivity contribution is 6.72. The fourth-order valence-corrected chi connectivity index (χ4v) is 3.27. The van der Waals surface area contributed by atoms with Crippen molar-refractivity contribution in [3.8, 4) is 0 Å². The molecule has 4 nitrogen and oxygen atoms in total. The molecular weight excluding hydrogens is 246 g/mol. The Labute approximate surface area is 112 Å². The van der Waals surface area contributed by atoms with Gasteiger partial charge in [-0.15, -0.1) is 0 Å². The zero-order valence-corrected chi connectivity index (χ0v) is 13.6. The fourth-order valence-electron chi connectivity index (χ4n) is 2.54. The SMILES string of the molecule is CO[C@@H]1[C@H](N)C[C@@H](CC(C)(C)[Si](C)(C)O)O[C@H]1C. The molecule has 1 aliphatic rings. The Kier molecular flexibility index (Phi) is 5.00. The van der Waals surface area contributed by atoms with Gasteiger partial charge in [-0.2, -0.15) is 0 Å². The molecule has 1 fully saturated rings. The van der Waals surface area contributed by atoms with Gasteiger partial charge in [0.15, 0.2) is 8.32 Å². The first-order valence-electron chi connectivity index (χ1n) is 6.74. The van der Waals surface area contributed by atoms with E-state index in [0.29, 0.717) is 0 Å². The molecule has 1 aliphatic heterocycles. The quantitative estimate of drug-likeness (QED) is 0.769. The Morgan fingerprint density at radius 1 is 1.44 bits per heavy atom. The molecule has 0 unspecified atom stereocenters. The van der Waals surface area contributed by atoms with Crippen LogP contribution in [0, 0.1) is 0 Å². The summed E-state index contributed by atoms with van der Waals surface area (Å²) in [4.78, 5) is 10.3. The second-order valence-corrected chi connectivity index (χ2v) is 11.2. The van der Waals surface area contributed by atoms with Gasteiger partial charge in [-0.1, -0.05) is 13.8 Å². The first kappa shape index (κ1) is 16.1. The second kappa shape index (κ2) is 5.59. The van der Waals surface area contributed by atoms with E-state index in [0.717, 1.165) is 12.8 Å². The van der Waals surface area contributed by atoms with Crippen molar-refractivity contribution in [3.05, 3.63) is 0 Å². The van der Waals surface area contributed by atoms with E-state index < -0.39 is 8.32 Å². The summed E-state index contributed by atoms with van der Waals surface area (Å²) < 4.78 is 11.4. The molecule has 0 amide bonds. The van der Waals surface area contributed by atoms with E-state index in [4.69, 9.17) is 15.2 Å². The standard InChI is InChI=1S/C13H29NO3Si/c1-9-12(16-4)11(14)7-10(17-9)8-13(2,3)18(5,6)15/h9-12,15H,7-8,14H2,1-6H3/t9-,10-,11+,12-/m0/s1. The predicted molar refractivity (Wildman–Crippen MR) is 76.1 cm³/mol. The van der Waals surface area contributed by atoms with Crippen LogP contribution in [0.4, 0.5) is 0 Å². The smallest absolute Gasteiger partial charge is 0.188 e. The Morgan fingerprint density at radius 2 is 2.00 bits per heavy atom. The van der Waals surface area contributed by atoms with E-state index in [2.05, 4.69) is 13.8 Å². The number of nitrogens with two attached hydrogens (primary N) is 1. The molecule has 0 spiro atoms. The van der Waals surface area contributed by atoms with Gasteiger partial charge in [-0.25, -0.2) is 0 Å². The van der Waals surface area contributed by atoms with E-state index in [9.17, 15) is 4.80 Å². The van der Waals surface area contributed by atoms with E-state index >= 15 is 0 Å². The summed E-state index contributed by atoms with van der Waals surface area (Å²) in [5, 5.41) is -0.0724. The molecule has 0 aromatic rings. The van der Waals surface area contributed by atoms with Gasteiger partial charge in [0.25, 0.3) is 0 Å². The topological polar surface area (TPSA) is 64.7 Å². The third kappa shape index (κ3) is 3.54. The predicted octanol–water partition coefficient (Wildman–Crippen LogP) is 1.87. The molecule has 0 aliphatic carbocycles. The lowest BCUT2D eigenvalue weighted by atomic mass is 9.92. The van der Waals surface area contributed by atoms with Gasteiger partial charge < -0.3 is 20.0 Å². The first-order valence-corrected chi connectivity index (χ1v) is 9.69. The highest BCUT2D eigenvalue weighted by Crippen LogP contribution is 2.42. The van der Waals surface area contributed by atoms with E-state index in [1.807, 2.05) is 20.0 Å². The van der Waals surface area contributed by atoms with Crippen LogP contribution < -0.4 is 5.73 Å². The minimum absolute atomic E-state index is 0.0167. The Balaban J connectivity index is 2.66. The maximum absolute atomic E-state index is 10.3. The van der Waals surface area contributed by atoms with Crippen molar-refractivity contribution in [1.82, 2.24) is 0 Å². The van der Waals surface area contributed by atoms with E-state index in [1.165, 1.54) is 0 Å². The molecule has 1 rings (SSSR count). The van der Waals surface area contributed by atoms with Gasteiger partial charge in [0.1, 0.15) is 0 Å². The van der Waals surface area contributed by atoms with E-state index in [-0.39, 0.29) is 29.4 Å². The zero-order valence-electron chi connectivity index (χ0n) is 12.6. The van der Waals surface area contributed by atoms with Crippen molar-refractivity contribution >= 4 is 8.32 Å². The largest absolute Gasteiger partial charge is 0.432 e. The number of rotatable bonds is 4. The Hall–Kier alpha value is 0.0569. The van der Waals surface area contributed by atoms with Gasteiger partial charge in [0.05, 0.1) is 18.3 Å². The molecule has 0 aromatic carbocycles. The minimum atomic E-state index is -2.19. The van der Waals surface area contributed by atoms with Gasteiger partial charge in [-0.05, 0) is 37.9 Å². The Morgan fingerprint density at radius 3 is 2.39 bits per heavy atom. The van der Waals surface area contributed by atoms with Crippen molar-refractivity contribution in [2.45, 2.75) is 76.1 Å². The highest BCUT2D eigenvalue weighted by atomic mass is 28.4. The maximum Gasteiger partial charge on any atom is 0.188 e. The minimum Gasteiger partial charge on any atom is -0.432 e. The van der Waals surface area contributed by atoms with Crippen LogP contribution in [0.1, 0.15) is 33.6 Å². The van der Waals surface area contributed by atoms with Crippen LogP contribution in [-0.4, -0.2) is 44.6 Å². The van der Waals surface area contributed by atoms with Crippen LogP contribution in [-0.2, 0) is 9.47 Å². The average molecular weight is 275 g/mol. The monoisotopic (exact) mass is 275 g/mol. The van der Waals surface area contributed by atoms with E-state index in [1.54, 1.807) is 7.11 Å². The number of ether oxygens (including phenoxy) is 2. The molecule has 0 saturated carbocycles. The molecule has 5 heteroatoms. The molecule has 0 aromatic heterocycles. The van der Waals surface area contributed by atoms with Crippen LogP contribution in [0.3, 0.4) is 0 Å². The molecular formula is C13H29NO3Si. The zero-order chi connectivity index (χ0) is 14.1. The van der Waals surface area contributed by atoms with Gasteiger partial charge in [0.2, 0.25) is 0 Å². The van der Waals surface area contributed by atoms with Crippen molar-refractivity contribution in [2.24, 2.45) is 5.73 Å². The van der Waals surface area contributed by atoms with Crippen LogP contribution in [0.5, 0.6) is 0 Å². The molecule has 0 radical (unpaired) electrons. The molecule has 3 N–H and O–H groups in total. The molecule has 1 saturated heterocycles. The number of hydrogen-bond donors (Lipinski definition) is 2. The highest BCUT2D eigenvalue weighted by Gasteiger charge is 2.43.